The molecule has 0 aliphatic rings. The quantitative estimate of drug-likeness (QED) is 0.840. The van der Waals surface area contributed by atoms with Crippen LogP contribution in [0.15, 0.2) is 24.3 Å². The molecule has 1 aromatic rings. The van der Waals surface area contributed by atoms with E-state index in [-0.39, 0.29) is 5.91 Å². The summed E-state index contributed by atoms with van der Waals surface area (Å²) in [6.45, 7) is 4.86. The molecule has 1 atom stereocenters. The molecule has 0 bridgehead atoms. The van der Waals surface area contributed by atoms with E-state index in [1.165, 1.54) is 0 Å². The van der Waals surface area contributed by atoms with Crippen LogP contribution in [0.25, 0.3) is 0 Å². The molecule has 0 radical (unpaired) electrons. The molecular formula is C13H20N2O2. The highest BCUT2D eigenvalue weighted by molar-refractivity contribution is 5.80. The van der Waals surface area contributed by atoms with E-state index in [9.17, 15) is 4.79 Å². The van der Waals surface area contributed by atoms with E-state index < -0.39 is 6.04 Å². The lowest BCUT2D eigenvalue weighted by atomic mass is 10.2. The highest BCUT2D eigenvalue weighted by Crippen LogP contribution is 2.13. The molecule has 0 fully saturated rings. The summed E-state index contributed by atoms with van der Waals surface area (Å²) in [7, 11) is 1.75. The van der Waals surface area contributed by atoms with Crippen molar-refractivity contribution in [2.75, 3.05) is 13.7 Å². The van der Waals surface area contributed by atoms with Crippen LogP contribution in [0.4, 0.5) is 0 Å². The predicted molar refractivity (Wildman–Crippen MR) is 67.7 cm³/mol. The normalized spacial score (nSPS) is 12.0. The predicted octanol–water partition coefficient (Wildman–Crippen LogP) is 1.39. The summed E-state index contributed by atoms with van der Waals surface area (Å²) in [6.07, 6.45) is 0. The van der Waals surface area contributed by atoms with Gasteiger partial charge in [0.15, 0.2) is 0 Å². The van der Waals surface area contributed by atoms with Crippen LogP contribution in [0.5, 0.6) is 5.75 Å². The molecule has 0 spiro atoms. The molecule has 1 aromatic carbocycles. The van der Waals surface area contributed by atoms with Crippen LogP contribution in [0.2, 0.25) is 0 Å². The smallest absolute Gasteiger partial charge is 0.239 e. The van der Waals surface area contributed by atoms with Gasteiger partial charge >= 0.3 is 0 Å². The minimum absolute atomic E-state index is 0.0566. The SMILES string of the molecule is CCOc1ccc(CN(C)C(=O)C(C)N)cc1. The third-order valence-electron chi connectivity index (χ3n) is 2.42. The van der Waals surface area contributed by atoms with Crippen LogP contribution in [0.1, 0.15) is 19.4 Å². The van der Waals surface area contributed by atoms with Crippen LogP contribution < -0.4 is 10.5 Å². The van der Waals surface area contributed by atoms with Crippen LogP contribution in [-0.4, -0.2) is 30.5 Å². The van der Waals surface area contributed by atoms with Crippen molar-refractivity contribution < 1.29 is 9.53 Å². The van der Waals surface area contributed by atoms with Gasteiger partial charge in [-0.3, -0.25) is 4.79 Å². The number of hydrogen-bond donors (Lipinski definition) is 1. The molecule has 94 valence electrons. The van der Waals surface area contributed by atoms with E-state index in [0.29, 0.717) is 13.2 Å². The van der Waals surface area contributed by atoms with Crippen LogP contribution in [-0.2, 0) is 11.3 Å². The summed E-state index contributed by atoms with van der Waals surface area (Å²) in [5.74, 6) is 0.788. The van der Waals surface area contributed by atoms with Gasteiger partial charge in [0.25, 0.3) is 0 Å². The lowest BCUT2D eigenvalue weighted by Crippen LogP contribution is -2.39. The van der Waals surface area contributed by atoms with Crippen molar-refractivity contribution in [2.45, 2.75) is 26.4 Å². The molecule has 0 aromatic heterocycles. The number of nitrogens with zero attached hydrogens (tertiary/aromatic N) is 1. The Balaban J connectivity index is 2.60. The largest absolute Gasteiger partial charge is 0.494 e. The van der Waals surface area contributed by atoms with E-state index in [1.807, 2.05) is 31.2 Å². The second-order valence-electron chi connectivity index (χ2n) is 4.06. The highest BCUT2D eigenvalue weighted by Gasteiger charge is 2.13. The Morgan fingerprint density at radius 1 is 1.41 bits per heavy atom. The maximum absolute atomic E-state index is 11.6. The molecule has 0 aliphatic carbocycles. The minimum atomic E-state index is -0.456. The average molecular weight is 236 g/mol. The van der Waals surface area contributed by atoms with Gasteiger partial charge < -0.3 is 15.4 Å². The number of carbonyl (C=O) groups excluding carboxylic acids is 1. The van der Waals surface area contributed by atoms with Gasteiger partial charge in [0.1, 0.15) is 5.75 Å². The molecule has 1 rings (SSSR count). The molecular weight excluding hydrogens is 216 g/mol. The van der Waals surface area contributed by atoms with Crippen molar-refractivity contribution >= 4 is 5.91 Å². The van der Waals surface area contributed by atoms with Crippen LogP contribution in [0, 0.1) is 0 Å². The maximum Gasteiger partial charge on any atom is 0.239 e. The molecule has 1 amide bonds. The van der Waals surface area contributed by atoms with Crippen LogP contribution in [0.3, 0.4) is 0 Å². The molecule has 17 heavy (non-hydrogen) atoms. The number of nitrogens with two attached hydrogens (primary N) is 1. The second-order valence-corrected chi connectivity index (χ2v) is 4.06. The van der Waals surface area contributed by atoms with Gasteiger partial charge in [-0.2, -0.15) is 0 Å². The van der Waals surface area contributed by atoms with Crippen molar-refractivity contribution in [3.63, 3.8) is 0 Å². The number of ether oxygens (including phenoxy) is 1. The molecule has 0 saturated heterocycles. The molecule has 0 saturated carbocycles. The number of likely N-dealkylation sites (N-methyl/N-ethyl adjacent to an activating group) is 1. The molecule has 4 nitrogen and oxygen atoms in total. The Morgan fingerprint density at radius 3 is 2.47 bits per heavy atom. The number of carbonyl (C=O) groups is 1. The summed E-state index contributed by atoms with van der Waals surface area (Å²) < 4.78 is 5.35. The molecule has 0 heterocycles. The first-order chi connectivity index (χ1) is 8.04. The number of benzene rings is 1. The molecule has 2 N–H and O–H groups in total. The zero-order chi connectivity index (χ0) is 12.8. The van der Waals surface area contributed by atoms with Crippen molar-refractivity contribution in [3.05, 3.63) is 29.8 Å². The third kappa shape index (κ3) is 4.07. The third-order valence-corrected chi connectivity index (χ3v) is 2.42. The standard InChI is InChI=1S/C13H20N2O2/c1-4-17-12-7-5-11(6-8-12)9-15(3)13(16)10(2)14/h5-8,10H,4,9,14H2,1-3H3. The highest BCUT2D eigenvalue weighted by atomic mass is 16.5. The second kappa shape index (κ2) is 6.25. The molecule has 0 aliphatic heterocycles. The first-order valence-electron chi connectivity index (χ1n) is 5.77. The Morgan fingerprint density at radius 2 is 2.00 bits per heavy atom. The number of amides is 1. The van der Waals surface area contributed by atoms with Gasteiger partial charge in [-0.1, -0.05) is 12.1 Å². The van der Waals surface area contributed by atoms with E-state index >= 15 is 0 Å². The zero-order valence-corrected chi connectivity index (χ0v) is 10.6. The summed E-state index contributed by atoms with van der Waals surface area (Å²) in [5.41, 5.74) is 6.60. The van der Waals surface area contributed by atoms with Crippen molar-refractivity contribution in [1.29, 1.82) is 0 Å². The Kier molecular flexibility index (Phi) is 4.97. The first-order valence-corrected chi connectivity index (χ1v) is 5.77. The van der Waals surface area contributed by atoms with E-state index in [0.717, 1.165) is 11.3 Å². The lowest BCUT2D eigenvalue weighted by Gasteiger charge is -2.19. The average Bonchev–Trinajstić information content (AvgIpc) is 2.30. The summed E-state index contributed by atoms with van der Waals surface area (Å²) in [5, 5.41) is 0. The van der Waals surface area contributed by atoms with Crippen LogP contribution >= 0.6 is 0 Å². The van der Waals surface area contributed by atoms with Gasteiger partial charge in [-0.05, 0) is 31.5 Å². The van der Waals surface area contributed by atoms with E-state index in [1.54, 1.807) is 18.9 Å². The fraction of sp³-hybridized carbons (Fsp3) is 0.462. The Labute approximate surface area is 102 Å². The lowest BCUT2D eigenvalue weighted by molar-refractivity contribution is -0.131. The summed E-state index contributed by atoms with van der Waals surface area (Å²) in [4.78, 5) is 13.2. The van der Waals surface area contributed by atoms with Gasteiger partial charge in [-0.15, -0.1) is 0 Å². The topological polar surface area (TPSA) is 55.6 Å². The minimum Gasteiger partial charge on any atom is -0.494 e. The van der Waals surface area contributed by atoms with Crippen molar-refractivity contribution in [3.8, 4) is 5.75 Å². The van der Waals surface area contributed by atoms with Crippen molar-refractivity contribution in [2.24, 2.45) is 5.73 Å². The molecule has 4 heteroatoms. The fourth-order valence-electron chi connectivity index (χ4n) is 1.56. The van der Waals surface area contributed by atoms with Crippen molar-refractivity contribution in [1.82, 2.24) is 4.90 Å². The Hall–Kier alpha value is -1.55. The van der Waals surface area contributed by atoms with Gasteiger partial charge in [0, 0.05) is 13.6 Å². The summed E-state index contributed by atoms with van der Waals surface area (Å²) >= 11 is 0. The fourth-order valence-corrected chi connectivity index (χ4v) is 1.56. The Bertz CT molecular complexity index is 360. The van der Waals surface area contributed by atoms with Gasteiger partial charge in [-0.25, -0.2) is 0 Å². The van der Waals surface area contributed by atoms with Gasteiger partial charge in [0.05, 0.1) is 12.6 Å². The molecule has 1 unspecified atom stereocenters. The van der Waals surface area contributed by atoms with Gasteiger partial charge in [0.2, 0.25) is 5.91 Å². The van der Waals surface area contributed by atoms with E-state index in [2.05, 4.69) is 0 Å². The zero-order valence-electron chi connectivity index (χ0n) is 10.6. The monoisotopic (exact) mass is 236 g/mol. The maximum atomic E-state index is 11.6. The first kappa shape index (κ1) is 13.5. The number of hydrogen-bond acceptors (Lipinski definition) is 3. The summed E-state index contributed by atoms with van der Waals surface area (Å²) in [6, 6.07) is 7.26. The van der Waals surface area contributed by atoms with E-state index in [4.69, 9.17) is 10.5 Å². The number of rotatable bonds is 5.